The normalized spacial score (nSPS) is 16.4. The number of likely N-dealkylation sites (tertiary alicyclic amines) is 1. The Balaban J connectivity index is 2.01. The van der Waals surface area contributed by atoms with Crippen LogP contribution in [0.25, 0.3) is 0 Å². The lowest BCUT2D eigenvalue weighted by Crippen LogP contribution is -2.48. The number of benzene rings is 1. The summed E-state index contributed by atoms with van der Waals surface area (Å²) in [6, 6.07) is 4.10. The van der Waals surface area contributed by atoms with Crippen molar-refractivity contribution in [2.45, 2.75) is 32.2 Å². The molecule has 1 aromatic carbocycles. The molecular formula is C15H18Cl2N2O2. The van der Waals surface area contributed by atoms with Gasteiger partial charge < -0.3 is 10.2 Å². The molecule has 1 unspecified atom stereocenters. The molecule has 1 saturated heterocycles. The Morgan fingerprint density at radius 3 is 2.52 bits per heavy atom. The number of hydrogen-bond donors (Lipinski definition) is 1. The minimum absolute atomic E-state index is 0.0544. The summed E-state index contributed by atoms with van der Waals surface area (Å²) >= 11 is 11.9. The Kier molecular flexibility index (Phi) is 5.48. The van der Waals surface area contributed by atoms with Crippen LogP contribution in [0.1, 0.15) is 36.5 Å². The summed E-state index contributed by atoms with van der Waals surface area (Å²) in [6.45, 7) is 3.21. The predicted octanol–water partition coefficient (Wildman–Crippen LogP) is 3.12. The minimum atomic E-state index is -0.578. The van der Waals surface area contributed by atoms with Gasteiger partial charge in [-0.3, -0.25) is 9.59 Å². The molecule has 114 valence electrons. The van der Waals surface area contributed by atoms with Crippen LogP contribution in [0, 0.1) is 0 Å². The molecule has 1 aliphatic rings. The van der Waals surface area contributed by atoms with Crippen LogP contribution >= 0.6 is 23.2 Å². The topological polar surface area (TPSA) is 49.4 Å². The largest absolute Gasteiger partial charge is 0.341 e. The summed E-state index contributed by atoms with van der Waals surface area (Å²) in [6.07, 6.45) is 3.20. The molecule has 1 N–H and O–H groups in total. The smallest absolute Gasteiger partial charge is 0.253 e. The van der Waals surface area contributed by atoms with Crippen molar-refractivity contribution >= 4 is 35.0 Å². The quantitative estimate of drug-likeness (QED) is 0.926. The molecule has 0 spiro atoms. The number of hydrogen-bond acceptors (Lipinski definition) is 2. The van der Waals surface area contributed by atoms with E-state index in [1.807, 2.05) is 0 Å². The summed E-state index contributed by atoms with van der Waals surface area (Å²) in [5.41, 5.74) is 0.280. The van der Waals surface area contributed by atoms with Gasteiger partial charge in [-0.1, -0.05) is 23.2 Å². The zero-order chi connectivity index (χ0) is 15.4. The van der Waals surface area contributed by atoms with Crippen molar-refractivity contribution in [1.82, 2.24) is 10.2 Å². The number of halogens is 2. The van der Waals surface area contributed by atoms with Gasteiger partial charge in [-0.25, -0.2) is 0 Å². The molecule has 0 saturated carbocycles. The number of nitrogens with zero attached hydrogens (tertiary/aromatic N) is 1. The maximum absolute atomic E-state index is 12.3. The van der Waals surface area contributed by atoms with E-state index in [1.165, 1.54) is 6.07 Å². The fraction of sp³-hybridized carbons (Fsp3) is 0.467. The van der Waals surface area contributed by atoms with Gasteiger partial charge in [0, 0.05) is 18.1 Å². The van der Waals surface area contributed by atoms with Gasteiger partial charge in [0.05, 0.1) is 10.6 Å². The van der Waals surface area contributed by atoms with Crippen LogP contribution in [-0.4, -0.2) is 35.8 Å². The third-order valence-electron chi connectivity index (χ3n) is 3.56. The molecule has 6 heteroatoms. The molecule has 1 atom stereocenters. The average Bonchev–Trinajstić information content (AvgIpc) is 2.49. The third-order valence-corrected chi connectivity index (χ3v) is 4.12. The van der Waals surface area contributed by atoms with Crippen molar-refractivity contribution in [1.29, 1.82) is 0 Å². The van der Waals surface area contributed by atoms with Gasteiger partial charge in [0.2, 0.25) is 5.91 Å². The van der Waals surface area contributed by atoms with Crippen LogP contribution in [0.2, 0.25) is 10.0 Å². The van der Waals surface area contributed by atoms with Gasteiger partial charge in [0.25, 0.3) is 5.91 Å². The Bertz CT molecular complexity index is 542. The number of carbonyl (C=O) groups is 2. The van der Waals surface area contributed by atoms with Gasteiger partial charge in [-0.2, -0.15) is 0 Å². The first-order valence-electron chi connectivity index (χ1n) is 7.04. The van der Waals surface area contributed by atoms with Crippen molar-refractivity contribution in [3.63, 3.8) is 0 Å². The molecule has 4 nitrogen and oxygen atoms in total. The van der Waals surface area contributed by atoms with Crippen LogP contribution in [0.5, 0.6) is 0 Å². The molecule has 0 radical (unpaired) electrons. The Labute approximate surface area is 134 Å². The number of amides is 2. The molecule has 0 aliphatic carbocycles. The van der Waals surface area contributed by atoms with E-state index < -0.39 is 6.04 Å². The molecule has 1 aromatic rings. The average molecular weight is 329 g/mol. The highest BCUT2D eigenvalue weighted by Gasteiger charge is 2.24. The van der Waals surface area contributed by atoms with E-state index in [2.05, 4.69) is 5.32 Å². The van der Waals surface area contributed by atoms with Crippen molar-refractivity contribution in [3.05, 3.63) is 33.8 Å². The lowest BCUT2D eigenvalue weighted by molar-refractivity contribution is -0.133. The molecule has 1 fully saturated rings. The van der Waals surface area contributed by atoms with Crippen molar-refractivity contribution in [3.8, 4) is 0 Å². The predicted molar refractivity (Wildman–Crippen MR) is 83.8 cm³/mol. The Morgan fingerprint density at radius 1 is 1.19 bits per heavy atom. The monoisotopic (exact) mass is 328 g/mol. The lowest BCUT2D eigenvalue weighted by Gasteiger charge is -2.29. The van der Waals surface area contributed by atoms with Gasteiger partial charge in [0.1, 0.15) is 6.04 Å². The van der Waals surface area contributed by atoms with Gasteiger partial charge in [0.15, 0.2) is 0 Å². The molecular weight excluding hydrogens is 311 g/mol. The maximum atomic E-state index is 12.3. The second-order valence-corrected chi connectivity index (χ2v) is 6.05. The SMILES string of the molecule is CC(NC(=O)c1cc(Cl)ccc1Cl)C(=O)N1CCCCC1. The van der Waals surface area contributed by atoms with Gasteiger partial charge >= 0.3 is 0 Å². The van der Waals surface area contributed by atoms with Crippen LogP contribution in [-0.2, 0) is 4.79 Å². The van der Waals surface area contributed by atoms with Gasteiger partial charge in [-0.05, 0) is 44.4 Å². The van der Waals surface area contributed by atoms with E-state index in [-0.39, 0.29) is 17.4 Å². The summed E-state index contributed by atoms with van der Waals surface area (Å²) < 4.78 is 0. The number of nitrogens with one attached hydrogen (secondary N) is 1. The third kappa shape index (κ3) is 4.11. The summed E-state index contributed by atoms with van der Waals surface area (Å²) in [5, 5.41) is 3.43. The lowest BCUT2D eigenvalue weighted by atomic mass is 10.1. The van der Waals surface area contributed by atoms with E-state index >= 15 is 0 Å². The van der Waals surface area contributed by atoms with Crippen LogP contribution < -0.4 is 5.32 Å². The molecule has 21 heavy (non-hydrogen) atoms. The zero-order valence-corrected chi connectivity index (χ0v) is 13.4. The first kappa shape index (κ1) is 16.1. The summed E-state index contributed by atoms with van der Waals surface area (Å²) in [4.78, 5) is 26.3. The highest BCUT2D eigenvalue weighted by atomic mass is 35.5. The highest BCUT2D eigenvalue weighted by molar-refractivity contribution is 6.35. The molecule has 2 amide bonds. The summed E-state index contributed by atoms with van der Waals surface area (Å²) in [5.74, 6) is -0.443. The number of rotatable bonds is 3. The second-order valence-electron chi connectivity index (χ2n) is 5.21. The maximum Gasteiger partial charge on any atom is 0.253 e. The van der Waals surface area contributed by atoms with E-state index in [9.17, 15) is 9.59 Å². The first-order valence-corrected chi connectivity index (χ1v) is 7.79. The zero-order valence-electron chi connectivity index (χ0n) is 11.9. The van der Waals surface area contributed by atoms with Crippen LogP contribution in [0.15, 0.2) is 18.2 Å². The first-order chi connectivity index (χ1) is 9.99. The van der Waals surface area contributed by atoms with Crippen molar-refractivity contribution < 1.29 is 9.59 Å². The second kappa shape index (κ2) is 7.14. The van der Waals surface area contributed by atoms with E-state index in [1.54, 1.807) is 24.0 Å². The molecule has 0 bridgehead atoms. The summed E-state index contributed by atoms with van der Waals surface area (Å²) in [7, 11) is 0. The van der Waals surface area contributed by atoms with E-state index in [4.69, 9.17) is 23.2 Å². The minimum Gasteiger partial charge on any atom is -0.341 e. The number of piperidine rings is 1. The van der Waals surface area contributed by atoms with E-state index in [0.717, 1.165) is 32.4 Å². The Morgan fingerprint density at radius 2 is 1.86 bits per heavy atom. The van der Waals surface area contributed by atoms with Crippen molar-refractivity contribution in [2.75, 3.05) is 13.1 Å². The molecule has 1 heterocycles. The molecule has 2 rings (SSSR count). The highest BCUT2D eigenvalue weighted by Crippen LogP contribution is 2.20. The molecule has 1 aliphatic heterocycles. The van der Waals surface area contributed by atoms with Crippen molar-refractivity contribution in [2.24, 2.45) is 0 Å². The van der Waals surface area contributed by atoms with Crippen LogP contribution in [0.4, 0.5) is 0 Å². The standard InChI is InChI=1S/C15H18Cl2N2O2/c1-10(15(21)19-7-3-2-4-8-19)18-14(20)12-9-11(16)5-6-13(12)17/h5-6,9-10H,2-4,7-8H2,1H3,(H,18,20). The number of carbonyl (C=O) groups excluding carboxylic acids is 2. The van der Waals surface area contributed by atoms with Gasteiger partial charge in [-0.15, -0.1) is 0 Å². The molecule has 0 aromatic heterocycles. The fourth-order valence-corrected chi connectivity index (χ4v) is 2.77. The fourth-order valence-electron chi connectivity index (χ4n) is 2.40. The Hall–Kier alpha value is -1.26. The van der Waals surface area contributed by atoms with E-state index in [0.29, 0.717) is 10.0 Å². The van der Waals surface area contributed by atoms with Crippen LogP contribution in [0.3, 0.4) is 0 Å².